The fourth-order valence-corrected chi connectivity index (χ4v) is 3.30. The second-order valence-corrected chi connectivity index (χ2v) is 6.61. The number of thiazole rings is 2. The third-order valence-electron chi connectivity index (χ3n) is 3.03. The van der Waals surface area contributed by atoms with Crippen LogP contribution >= 0.6 is 22.7 Å². The van der Waals surface area contributed by atoms with Gasteiger partial charge in [-0.2, -0.15) is 0 Å². The quantitative estimate of drug-likeness (QED) is 0.545. The fraction of sp³-hybridized carbons (Fsp3) is 0.200. The van der Waals surface area contributed by atoms with Crippen molar-refractivity contribution in [1.29, 1.82) is 0 Å². The van der Waals surface area contributed by atoms with Crippen LogP contribution in [0.25, 0.3) is 11.3 Å². The molecule has 3 rings (SSSR count). The van der Waals surface area contributed by atoms with Gasteiger partial charge in [-0.25, -0.2) is 9.97 Å². The molecule has 0 saturated heterocycles. The van der Waals surface area contributed by atoms with Gasteiger partial charge in [-0.3, -0.25) is 0 Å². The molecule has 1 aromatic carbocycles. The summed E-state index contributed by atoms with van der Waals surface area (Å²) in [4.78, 5) is 10.1. The fourth-order valence-electron chi connectivity index (χ4n) is 1.88. The highest BCUT2D eigenvalue weighted by atomic mass is 35.5. The number of rotatable bonds is 5. The zero-order valence-corrected chi connectivity index (χ0v) is 15.8. The number of anilines is 2. The van der Waals surface area contributed by atoms with Crippen LogP contribution in [0.2, 0.25) is 0 Å². The van der Waals surface area contributed by atoms with Crippen molar-refractivity contribution in [2.24, 2.45) is 0 Å². The molecule has 0 aliphatic heterocycles. The lowest BCUT2D eigenvalue weighted by Crippen LogP contribution is -3.00. The molecule has 23 heavy (non-hydrogen) atoms. The topological polar surface area (TPSA) is 49.8 Å². The van der Waals surface area contributed by atoms with Gasteiger partial charge in [-0.15, -0.1) is 22.7 Å². The summed E-state index contributed by atoms with van der Waals surface area (Å²) in [6, 6.07) is 8.43. The normalized spacial score (nSPS) is 9.65. The van der Waals surface area contributed by atoms with E-state index in [1.807, 2.05) is 13.2 Å². The van der Waals surface area contributed by atoms with Gasteiger partial charge in [-0.05, 0) is 6.92 Å². The van der Waals surface area contributed by atoms with Gasteiger partial charge in [0.1, 0.15) is 0 Å². The summed E-state index contributed by atoms with van der Waals surface area (Å²) >= 11 is 3.28. The van der Waals surface area contributed by atoms with Gasteiger partial charge in [0, 0.05) is 29.1 Å². The average Bonchev–Trinajstić information content (AvgIpc) is 3.15. The summed E-state index contributed by atoms with van der Waals surface area (Å²) in [6.07, 6.45) is 1.89. The Bertz CT molecular complexity index is 725. The van der Waals surface area contributed by atoms with Gasteiger partial charge in [0.25, 0.3) is 0 Å². The number of nitrogens with one attached hydrogen (secondary N) is 2. The molecule has 2 aromatic heterocycles. The van der Waals surface area contributed by atoms with Gasteiger partial charge in [-0.1, -0.05) is 29.8 Å². The Morgan fingerprint density at radius 1 is 1.09 bits per heavy atom. The lowest BCUT2D eigenvalue weighted by molar-refractivity contribution is -0.001000. The summed E-state index contributed by atoms with van der Waals surface area (Å²) in [5.74, 6) is 0. The van der Waals surface area contributed by atoms with Gasteiger partial charge in [0.05, 0.1) is 12.2 Å². The van der Waals surface area contributed by atoms with E-state index in [4.69, 9.17) is 0 Å². The molecule has 124 valence electrons. The Balaban J connectivity index is 0.00000132. The summed E-state index contributed by atoms with van der Waals surface area (Å²) < 4.78 is 0. The van der Waals surface area contributed by atoms with E-state index in [0.717, 1.165) is 28.1 Å². The van der Waals surface area contributed by atoms with Crippen LogP contribution in [0.5, 0.6) is 0 Å². The third kappa shape index (κ3) is 5.07. The second kappa shape index (κ2) is 9.08. The molecule has 0 bridgehead atoms. The SMILES string of the molecule is CNc1ncc(CNc2nc(-c3ccc(C)cc3)cs2)s1.[Cl-].[Cl-]. The Morgan fingerprint density at radius 2 is 1.83 bits per heavy atom. The number of halogens is 2. The first-order valence-electron chi connectivity index (χ1n) is 6.63. The minimum absolute atomic E-state index is 0. The summed E-state index contributed by atoms with van der Waals surface area (Å²) in [5.41, 5.74) is 3.43. The zero-order chi connectivity index (χ0) is 14.7. The third-order valence-corrected chi connectivity index (χ3v) is 4.85. The van der Waals surface area contributed by atoms with Crippen molar-refractivity contribution in [3.63, 3.8) is 0 Å². The first-order valence-corrected chi connectivity index (χ1v) is 8.33. The van der Waals surface area contributed by atoms with Gasteiger partial charge >= 0.3 is 0 Å². The number of benzene rings is 1. The van der Waals surface area contributed by atoms with Crippen molar-refractivity contribution in [1.82, 2.24) is 9.97 Å². The largest absolute Gasteiger partial charge is 1.00 e. The molecule has 0 radical (unpaired) electrons. The molecular weight excluding hydrogens is 371 g/mol. The minimum atomic E-state index is 0. The molecule has 2 heterocycles. The predicted molar refractivity (Wildman–Crippen MR) is 91.3 cm³/mol. The van der Waals surface area contributed by atoms with Crippen molar-refractivity contribution in [3.8, 4) is 11.3 Å². The molecular formula is C15H16Cl2N4S2-2. The van der Waals surface area contributed by atoms with Crippen molar-refractivity contribution in [2.45, 2.75) is 13.5 Å². The average molecular weight is 387 g/mol. The van der Waals surface area contributed by atoms with E-state index in [-0.39, 0.29) is 24.8 Å². The molecule has 0 unspecified atom stereocenters. The highest BCUT2D eigenvalue weighted by molar-refractivity contribution is 7.15. The number of aryl methyl sites for hydroxylation is 1. The molecule has 0 spiro atoms. The van der Waals surface area contributed by atoms with E-state index in [2.05, 4.69) is 57.2 Å². The number of hydrogen-bond acceptors (Lipinski definition) is 6. The smallest absolute Gasteiger partial charge is 0.183 e. The maximum atomic E-state index is 4.63. The van der Waals surface area contributed by atoms with E-state index < -0.39 is 0 Å². The Morgan fingerprint density at radius 3 is 2.48 bits per heavy atom. The zero-order valence-electron chi connectivity index (χ0n) is 12.6. The highest BCUT2D eigenvalue weighted by Crippen LogP contribution is 2.26. The standard InChI is InChI=1S/C15H16N4S2.2ClH/c1-10-3-5-11(6-4-10)13-9-20-15(19-13)18-8-12-7-17-14(16-2)21-12;;/h3-7,9H,8H2,1-2H3,(H,16,17)(H,18,19);2*1H/p-2. The number of nitrogens with zero attached hydrogens (tertiary/aromatic N) is 2. The maximum absolute atomic E-state index is 4.63. The molecule has 0 aliphatic rings. The summed E-state index contributed by atoms with van der Waals surface area (Å²) in [5, 5.41) is 10.3. The molecule has 0 saturated carbocycles. The predicted octanol–water partition coefficient (Wildman–Crippen LogP) is -1.76. The van der Waals surface area contributed by atoms with Crippen LogP contribution in [0, 0.1) is 6.92 Å². The first-order chi connectivity index (χ1) is 10.2. The molecule has 0 amide bonds. The van der Waals surface area contributed by atoms with Gasteiger partial charge in [0.2, 0.25) is 0 Å². The van der Waals surface area contributed by atoms with Crippen LogP contribution in [-0.2, 0) is 6.54 Å². The second-order valence-electron chi connectivity index (χ2n) is 4.64. The van der Waals surface area contributed by atoms with Crippen molar-refractivity contribution < 1.29 is 24.8 Å². The Hall–Kier alpha value is -1.34. The van der Waals surface area contributed by atoms with Crippen LogP contribution < -0.4 is 35.4 Å². The van der Waals surface area contributed by atoms with E-state index in [1.165, 1.54) is 10.4 Å². The summed E-state index contributed by atoms with van der Waals surface area (Å²) in [6.45, 7) is 2.84. The van der Waals surface area contributed by atoms with Crippen LogP contribution in [0.3, 0.4) is 0 Å². The number of hydrogen-bond donors (Lipinski definition) is 2. The van der Waals surface area contributed by atoms with Crippen molar-refractivity contribution in [3.05, 3.63) is 46.3 Å². The maximum Gasteiger partial charge on any atom is 0.183 e. The van der Waals surface area contributed by atoms with E-state index in [9.17, 15) is 0 Å². The van der Waals surface area contributed by atoms with E-state index in [0.29, 0.717) is 0 Å². The first kappa shape index (κ1) is 19.7. The van der Waals surface area contributed by atoms with Crippen molar-refractivity contribution >= 4 is 32.9 Å². The lowest BCUT2D eigenvalue weighted by atomic mass is 10.1. The molecule has 0 aliphatic carbocycles. The molecule has 2 N–H and O–H groups in total. The molecule has 8 heteroatoms. The van der Waals surface area contributed by atoms with Crippen LogP contribution in [0.1, 0.15) is 10.4 Å². The molecule has 3 aromatic rings. The Kier molecular flexibility index (Phi) is 7.78. The molecule has 0 fully saturated rings. The van der Waals surface area contributed by atoms with Crippen molar-refractivity contribution in [2.75, 3.05) is 17.7 Å². The minimum Gasteiger partial charge on any atom is -1.00 e. The van der Waals surface area contributed by atoms with E-state index in [1.54, 1.807) is 22.7 Å². The van der Waals surface area contributed by atoms with Gasteiger partial charge in [0.15, 0.2) is 10.3 Å². The number of aromatic nitrogens is 2. The Labute approximate surface area is 156 Å². The lowest BCUT2D eigenvalue weighted by Gasteiger charge is -1.99. The monoisotopic (exact) mass is 386 g/mol. The van der Waals surface area contributed by atoms with E-state index >= 15 is 0 Å². The summed E-state index contributed by atoms with van der Waals surface area (Å²) in [7, 11) is 1.88. The van der Waals surface area contributed by atoms with Crippen LogP contribution in [0.4, 0.5) is 10.3 Å². The molecule has 0 atom stereocenters. The van der Waals surface area contributed by atoms with Gasteiger partial charge < -0.3 is 35.4 Å². The van der Waals surface area contributed by atoms with Crippen LogP contribution in [-0.4, -0.2) is 17.0 Å². The molecule has 4 nitrogen and oxygen atoms in total. The van der Waals surface area contributed by atoms with Crippen LogP contribution in [0.15, 0.2) is 35.8 Å². The highest BCUT2D eigenvalue weighted by Gasteiger charge is 2.05.